The standard InChI is InChI=1S/C22H22S3/c1-18-12-14-20(15-13-18)24-17-22(25-21-10-6-3-7-11-21)16-23-19-8-4-2-5-9-19/h2-15,22H,16-17H2,1H3. The van der Waals surface area contributed by atoms with Gasteiger partial charge in [-0.3, -0.25) is 0 Å². The molecule has 25 heavy (non-hydrogen) atoms. The molecule has 0 aromatic heterocycles. The van der Waals surface area contributed by atoms with Crippen molar-refractivity contribution in [1.29, 1.82) is 0 Å². The van der Waals surface area contributed by atoms with Crippen LogP contribution in [0.1, 0.15) is 5.56 Å². The Morgan fingerprint density at radius 1 is 0.600 bits per heavy atom. The molecule has 3 rings (SSSR count). The number of hydrogen-bond acceptors (Lipinski definition) is 3. The minimum atomic E-state index is 0.568. The summed E-state index contributed by atoms with van der Waals surface area (Å²) in [5, 5.41) is 0.568. The molecule has 0 aliphatic rings. The quantitative estimate of drug-likeness (QED) is 0.383. The predicted octanol–water partition coefficient (Wildman–Crippen LogP) is 7.04. The van der Waals surface area contributed by atoms with E-state index in [9.17, 15) is 0 Å². The number of hydrogen-bond donors (Lipinski definition) is 0. The average molecular weight is 383 g/mol. The van der Waals surface area contributed by atoms with Crippen LogP contribution in [-0.2, 0) is 0 Å². The van der Waals surface area contributed by atoms with E-state index >= 15 is 0 Å². The van der Waals surface area contributed by atoms with Gasteiger partial charge in [0.05, 0.1) is 0 Å². The maximum Gasteiger partial charge on any atom is 0.0283 e. The fraction of sp³-hybridized carbons (Fsp3) is 0.182. The summed E-state index contributed by atoms with van der Waals surface area (Å²) in [6, 6.07) is 30.3. The number of rotatable bonds is 8. The van der Waals surface area contributed by atoms with E-state index in [4.69, 9.17) is 0 Å². The van der Waals surface area contributed by atoms with E-state index in [2.05, 4.69) is 91.9 Å². The second-order valence-electron chi connectivity index (χ2n) is 5.80. The smallest absolute Gasteiger partial charge is 0.0283 e. The summed E-state index contributed by atoms with van der Waals surface area (Å²) >= 11 is 5.90. The Kier molecular flexibility index (Phi) is 7.40. The molecule has 1 atom stereocenters. The third kappa shape index (κ3) is 6.50. The van der Waals surface area contributed by atoms with E-state index in [0.29, 0.717) is 5.25 Å². The number of thioether (sulfide) groups is 3. The lowest BCUT2D eigenvalue weighted by Gasteiger charge is -2.16. The molecule has 0 bridgehead atoms. The van der Waals surface area contributed by atoms with Gasteiger partial charge in [-0.15, -0.1) is 35.3 Å². The highest BCUT2D eigenvalue weighted by Crippen LogP contribution is 2.32. The molecule has 0 N–H and O–H groups in total. The molecular formula is C22H22S3. The van der Waals surface area contributed by atoms with Gasteiger partial charge in [-0.2, -0.15) is 0 Å². The van der Waals surface area contributed by atoms with Gasteiger partial charge in [0.1, 0.15) is 0 Å². The summed E-state index contributed by atoms with van der Waals surface area (Å²) in [7, 11) is 0. The summed E-state index contributed by atoms with van der Waals surface area (Å²) in [5.74, 6) is 2.23. The Hall–Kier alpha value is -1.29. The normalized spacial score (nSPS) is 12.0. The first kappa shape index (κ1) is 18.5. The van der Waals surface area contributed by atoms with Crippen LogP contribution >= 0.6 is 35.3 Å². The number of aryl methyl sites for hydroxylation is 1. The summed E-state index contributed by atoms with van der Waals surface area (Å²) < 4.78 is 0. The topological polar surface area (TPSA) is 0 Å². The monoisotopic (exact) mass is 382 g/mol. The van der Waals surface area contributed by atoms with Gasteiger partial charge in [0, 0.05) is 31.4 Å². The van der Waals surface area contributed by atoms with E-state index in [1.54, 1.807) is 0 Å². The van der Waals surface area contributed by atoms with Gasteiger partial charge < -0.3 is 0 Å². The van der Waals surface area contributed by atoms with Crippen molar-refractivity contribution < 1.29 is 0 Å². The maximum atomic E-state index is 2.23. The molecule has 0 saturated heterocycles. The van der Waals surface area contributed by atoms with E-state index in [1.807, 2.05) is 35.3 Å². The van der Waals surface area contributed by atoms with Crippen molar-refractivity contribution in [3.05, 3.63) is 90.5 Å². The van der Waals surface area contributed by atoms with Crippen LogP contribution in [0.25, 0.3) is 0 Å². The average Bonchev–Trinajstić information content (AvgIpc) is 2.67. The van der Waals surface area contributed by atoms with Gasteiger partial charge in [0.2, 0.25) is 0 Å². The summed E-state index contributed by atoms with van der Waals surface area (Å²) in [5.41, 5.74) is 1.32. The summed E-state index contributed by atoms with van der Waals surface area (Å²) in [6.45, 7) is 2.14. The molecule has 0 spiro atoms. The van der Waals surface area contributed by atoms with Gasteiger partial charge >= 0.3 is 0 Å². The first-order valence-corrected chi connectivity index (χ1v) is 11.2. The zero-order chi connectivity index (χ0) is 17.3. The molecule has 128 valence electrons. The fourth-order valence-electron chi connectivity index (χ4n) is 2.34. The molecule has 3 heteroatoms. The molecule has 0 saturated carbocycles. The predicted molar refractivity (Wildman–Crippen MR) is 115 cm³/mol. The highest BCUT2D eigenvalue weighted by Gasteiger charge is 2.12. The molecule has 0 aliphatic heterocycles. The Bertz CT molecular complexity index is 739. The van der Waals surface area contributed by atoms with E-state index in [1.165, 1.54) is 20.2 Å². The number of benzene rings is 3. The minimum Gasteiger partial charge on any atom is -0.125 e. The summed E-state index contributed by atoms with van der Waals surface area (Å²) in [4.78, 5) is 4.06. The highest BCUT2D eigenvalue weighted by atomic mass is 32.2. The molecule has 0 radical (unpaired) electrons. The van der Waals surface area contributed by atoms with Crippen LogP contribution in [0.3, 0.4) is 0 Å². The molecular weight excluding hydrogens is 360 g/mol. The molecule has 0 amide bonds. The second kappa shape index (κ2) is 10.0. The first-order valence-electron chi connectivity index (χ1n) is 8.38. The zero-order valence-corrected chi connectivity index (χ0v) is 16.7. The summed E-state index contributed by atoms with van der Waals surface area (Å²) in [6.07, 6.45) is 0. The van der Waals surface area contributed by atoms with Crippen LogP contribution < -0.4 is 0 Å². The lowest BCUT2D eigenvalue weighted by Crippen LogP contribution is -2.09. The molecule has 0 fully saturated rings. The largest absolute Gasteiger partial charge is 0.125 e. The molecule has 3 aromatic carbocycles. The van der Waals surface area contributed by atoms with Crippen molar-refractivity contribution in [2.75, 3.05) is 11.5 Å². The first-order chi connectivity index (χ1) is 12.3. The van der Waals surface area contributed by atoms with Gasteiger partial charge in [-0.25, -0.2) is 0 Å². The van der Waals surface area contributed by atoms with Crippen LogP contribution in [0.5, 0.6) is 0 Å². The van der Waals surface area contributed by atoms with Crippen LogP contribution in [0.2, 0.25) is 0 Å². The Morgan fingerprint density at radius 2 is 1.08 bits per heavy atom. The third-order valence-electron chi connectivity index (χ3n) is 3.68. The van der Waals surface area contributed by atoms with Gasteiger partial charge in [0.15, 0.2) is 0 Å². The van der Waals surface area contributed by atoms with Crippen molar-refractivity contribution in [2.45, 2.75) is 26.9 Å². The molecule has 0 aliphatic carbocycles. The third-order valence-corrected chi connectivity index (χ3v) is 7.66. The van der Waals surface area contributed by atoms with E-state index in [0.717, 1.165) is 11.5 Å². The maximum absolute atomic E-state index is 2.23. The Labute approximate surface area is 163 Å². The van der Waals surface area contributed by atoms with Crippen molar-refractivity contribution >= 4 is 35.3 Å². The van der Waals surface area contributed by atoms with Crippen molar-refractivity contribution in [1.82, 2.24) is 0 Å². The van der Waals surface area contributed by atoms with Gasteiger partial charge in [-0.1, -0.05) is 54.1 Å². The highest BCUT2D eigenvalue weighted by molar-refractivity contribution is 8.05. The van der Waals surface area contributed by atoms with Crippen molar-refractivity contribution in [3.8, 4) is 0 Å². The molecule has 0 heterocycles. The van der Waals surface area contributed by atoms with Crippen molar-refractivity contribution in [2.24, 2.45) is 0 Å². The van der Waals surface area contributed by atoms with Gasteiger partial charge in [-0.05, 0) is 43.3 Å². The fourth-order valence-corrected chi connectivity index (χ4v) is 5.81. The Morgan fingerprint density at radius 3 is 1.64 bits per heavy atom. The Balaban J connectivity index is 1.61. The second-order valence-corrected chi connectivity index (χ2v) is 9.36. The molecule has 3 aromatic rings. The van der Waals surface area contributed by atoms with Crippen LogP contribution in [0.15, 0.2) is 99.6 Å². The SMILES string of the molecule is Cc1ccc(SCC(CSc2ccccc2)Sc2ccccc2)cc1. The minimum absolute atomic E-state index is 0.568. The molecule has 0 nitrogen and oxygen atoms in total. The van der Waals surface area contributed by atoms with Crippen LogP contribution in [0.4, 0.5) is 0 Å². The van der Waals surface area contributed by atoms with Crippen LogP contribution in [-0.4, -0.2) is 16.8 Å². The van der Waals surface area contributed by atoms with Crippen LogP contribution in [0, 0.1) is 6.92 Å². The van der Waals surface area contributed by atoms with Gasteiger partial charge in [0.25, 0.3) is 0 Å². The molecule has 1 unspecified atom stereocenters. The lowest BCUT2D eigenvalue weighted by molar-refractivity contribution is 1.14. The lowest BCUT2D eigenvalue weighted by atomic mass is 10.2. The van der Waals surface area contributed by atoms with E-state index in [-0.39, 0.29) is 0 Å². The van der Waals surface area contributed by atoms with Crippen molar-refractivity contribution in [3.63, 3.8) is 0 Å². The van der Waals surface area contributed by atoms with E-state index < -0.39 is 0 Å². The zero-order valence-electron chi connectivity index (χ0n) is 14.3.